The van der Waals surface area contributed by atoms with Crippen molar-refractivity contribution in [2.75, 3.05) is 0 Å². The molecule has 0 fully saturated rings. The fourth-order valence-corrected chi connectivity index (χ4v) is 2.38. The van der Waals surface area contributed by atoms with Crippen molar-refractivity contribution < 1.29 is 0 Å². The molecular formula is C14H20N2. The van der Waals surface area contributed by atoms with E-state index in [2.05, 4.69) is 49.7 Å². The van der Waals surface area contributed by atoms with Gasteiger partial charge in [-0.25, -0.2) is 0 Å². The zero-order chi connectivity index (χ0) is 11.7. The largest absolute Gasteiger partial charge is 0.347 e. The van der Waals surface area contributed by atoms with Crippen LogP contribution in [0.15, 0.2) is 24.4 Å². The molecular weight excluding hydrogens is 196 g/mol. The summed E-state index contributed by atoms with van der Waals surface area (Å²) in [7, 11) is 0. The third-order valence-electron chi connectivity index (χ3n) is 3.07. The number of rotatable bonds is 3. The fourth-order valence-electron chi connectivity index (χ4n) is 2.38. The van der Waals surface area contributed by atoms with E-state index in [1.54, 1.807) is 0 Å². The topological polar surface area (TPSA) is 30.9 Å². The van der Waals surface area contributed by atoms with Crippen molar-refractivity contribution in [3.8, 4) is 0 Å². The number of benzene rings is 1. The van der Waals surface area contributed by atoms with E-state index in [9.17, 15) is 0 Å². The van der Waals surface area contributed by atoms with Crippen molar-refractivity contribution in [1.29, 1.82) is 0 Å². The second-order valence-corrected chi connectivity index (χ2v) is 4.59. The van der Waals surface area contributed by atoms with Crippen molar-refractivity contribution in [2.45, 2.75) is 39.8 Å². The van der Waals surface area contributed by atoms with Gasteiger partial charge in [0.1, 0.15) is 0 Å². The van der Waals surface area contributed by atoms with Gasteiger partial charge in [0.25, 0.3) is 0 Å². The highest BCUT2D eigenvalue weighted by atomic mass is 14.9. The first-order valence-electron chi connectivity index (χ1n) is 5.96. The van der Waals surface area contributed by atoms with E-state index in [4.69, 9.17) is 5.73 Å². The van der Waals surface area contributed by atoms with Crippen LogP contribution in [0.2, 0.25) is 0 Å². The summed E-state index contributed by atoms with van der Waals surface area (Å²) >= 11 is 0. The Morgan fingerprint density at radius 2 is 2.12 bits per heavy atom. The molecule has 0 saturated carbocycles. The molecule has 2 aromatic rings. The lowest BCUT2D eigenvalue weighted by atomic mass is 10.1. The van der Waals surface area contributed by atoms with Crippen molar-refractivity contribution >= 4 is 10.9 Å². The van der Waals surface area contributed by atoms with E-state index in [-0.39, 0.29) is 6.04 Å². The van der Waals surface area contributed by atoms with Crippen LogP contribution in [0.4, 0.5) is 0 Å². The highest BCUT2D eigenvalue weighted by Gasteiger charge is 2.10. The van der Waals surface area contributed by atoms with Crippen molar-refractivity contribution in [1.82, 2.24) is 4.57 Å². The molecule has 1 aromatic carbocycles. The molecule has 2 nitrogen and oxygen atoms in total. The molecule has 0 aliphatic heterocycles. The van der Waals surface area contributed by atoms with Gasteiger partial charge in [-0.3, -0.25) is 0 Å². The Balaban J connectivity index is 2.63. The number of nitrogens with two attached hydrogens (primary N) is 1. The number of fused-ring (bicyclic) bond motifs is 1. The summed E-state index contributed by atoms with van der Waals surface area (Å²) in [6, 6.07) is 6.72. The van der Waals surface area contributed by atoms with E-state index in [0.717, 1.165) is 13.0 Å². The van der Waals surface area contributed by atoms with Crippen LogP contribution >= 0.6 is 0 Å². The summed E-state index contributed by atoms with van der Waals surface area (Å²) in [5, 5.41) is 1.36. The number of aryl methyl sites for hydroxylation is 2. The average molecular weight is 216 g/mol. The molecule has 0 bridgehead atoms. The predicted molar refractivity (Wildman–Crippen MR) is 69.7 cm³/mol. The first-order chi connectivity index (χ1) is 7.63. The van der Waals surface area contributed by atoms with E-state index < -0.39 is 0 Å². The number of aromatic nitrogens is 1. The van der Waals surface area contributed by atoms with Gasteiger partial charge in [0, 0.05) is 24.2 Å². The Bertz CT molecular complexity index is 495. The monoisotopic (exact) mass is 216 g/mol. The summed E-state index contributed by atoms with van der Waals surface area (Å²) in [5.41, 5.74) is 9.97. The van der Waals surface area contributed by atoms with Crippen molar-refractivity contribution in [2.24, 2.45) is 5.73 Å². The van der Waals surface area contributed by atoms with Gasteiger partial charge in [-0.2, -0.15) is 0 Å². The molecule has 2 N–H and O–H groups in total. The van der Waals surface area contributed by atoms with E-state index in [1.165, 1.54) is 22.0 Å². The van der Waals surface area contributed by atoms with Gasteiger partial charge >= 0.3 is 0 Å². The maximum atomic E-state index is 5.89. The number of nitrogens with zero attached hydrogens (tertiary/aromatic N) is 1. The van der Waals surface area contributed by atoms with E-state index >= 15 is 0 Å². The van der Waals surface area contributed by atoms with Gasteiger partial charge in [0.15, 0.2) is 0 Å². The third kappa shape index (κ3) is 1.85. The van der Waals surface area contributed by atoms with Gasteiger partial charge in [0.2, 0.25) is 0 Å². The Hall–Kier alpha value is -1.28. The third-order valence-corrected chi connectivity index (χ3v) is 3.07. The normalized spacial score (nSPS) is 13.2. The molecule has 86 valence electrons. The number of hydrogen-bond acceptors (Lipinski definition) is 1. The predicted octanol–water partition coefficient (Wildman–Crippen LogP) is 2.86. The van der Waals surface area contributed by atoms with Gasteiger partial charge in [0.05, 0.1) is 5.52 Å². The minimum Gasteiger partial charge on any atom is -0.347 e. The Labute approximate surface area is 97.1 Å². The van der Waals surface area contributed by atoms with Crippen LogP contribution in [0.3, 0.4) is 0 Å². The smallest absolute Gasteiger partial charge is 0.0512 e. The maximum Gasteiger partial charge on any atom is 0.0512 e. The van der Waals surface area contributed by atoms with Crippen LogP contribution in [0, 0.1) is 6.92 Å². The molecule has 1 atom stereocenters. The number of para-hydroxylation sites is 1. The minimum absolute atomic E-state index is 0.219. The second-order valence-electron chi connectivity index (χ2n) is 4.59. The zero-order valence-electron chi connectivity index (χ0n) is 10.3. The van der Waals surface area contributed by atoms with Crippen LogP contribution in [0.1, 0.15) is 25.0 Å². The molecule has 1 heterocycles. The van der Waals surface area contributed by atoms with E-state index in [0.29, 0.717) is 0 Å². The van der Waals surface area contributed by atoms with Crippen LogP contribution < -0.4 is 5.73 Å². The van der Waals surface area contributed by atoms with Gasteiger partial charge in [-0.05, 0) is 38.3 Å². The van der Waals surface area contributed by atoms with E-state index in [1.807, 2.05) is 0 Å². The lowest BCUT2D eigenvalue weighted by molar-refractivity contribution is 0.731. The summed E-state index contributed by atoms with van der Waals surface area (Å²) < 4.78 is 2.32. The van der Waals surface area contributed by atoms with Crippen molar-refractivity contribution in [3.63, 3.8) is 0 Å². The zero-order valence-corrected chi connectivity index (χ0v) is 10.3. The highest BCUT2D eigenvalue weighted by molar-refractivity contribution is 5.86. The second kappa shape index (κ2) is 4.30. The Kier molecular flexibility index (Phi) is 3.01. The molecule has 0 spiro atoms. The fraction of sp³-hybridized carbons (Fsp3) is 0.429. The van der Waals surface area contributed by atoms with Gasteiger partial charge < -0.3 is 10.3 Å². The van der Waals surface area contributed by atoms with Crippen LogP contribution in [-0.4, -0.2) is 10.6 Å². The maximum absolute atomic E-state index is 5.89. The molecule has 16 heavy (non-hydrogen) atoms. The summed E-state index contributed by atoms with van der Waals surface area (Å²) in [5.74, 6) is 0. The quantitative estimate of drug-likeness (QED) is 0.840. The molecule has 1 aromatic heterocycles. The first-order valence-corrected chi connectivity index (χ1v) is 5.96. The summed E-state index contributed by atoms with van der Waals surface area (Å²) in [6.07, 6.45) is 3.20. The van der Waals surface area contributed by atoms with Crippen LogP contribution in [-0.2, 0) is 13.0 Å². The summed E-state index contributed by atoms with van der Waals surface area (Å²) in [4.78, 5) is 0. The molecule has 0 saturated heterocycles. The molecule has 0 aliphatic carbocycles. The molecule has 0 aliphatic rings. The summed E-state index contributed by atoms with van der Waals surface area (Å²) in [6.45, 7) is 7.43. The Morgan fingerprint density at radius 3 is 2.75 bits per heavy atom. The lowest BCUT2D eigenvalue weighted by Gasteiger charge is -2.03. The van der Waals surface area contributed by atoms with Crippen LogP contribution in [0.5, 0.6) is 0 Å². The SMILES string of the molecule is CCn1cc(CC(C)N)c2cccc(C)c21. The van der Waals surface area contributed by atoms with Crippen molar-refractivity contribution in [3.05, 3.63) is 35.5 Å². The van der Waals surface area contributed by atoms with Gasteiger partial charge in [-0.15, -0.1) is 0 Å². The highest BCUT2D eigenvalue weighted by Crippen LogP contribution is 2.25. The molecule has 2 heteroatoms. The number of hydrogen-bond donors (Lipinski definition) is 1. The standard InChI is InChI=1S/C14H20N2/c1-4-16-9-12(8-11(3)15)13-7-5-6-10(2)14(13)16/h5-7,9,11H,4,8,15H2,1-3H3. The molecule has 0 radical (unpaired) electrons. The van der Waals surface area contributed by atoms with Crippen LogP contribution in [0.25, 0.3) is 10.9 Å². The average Bonchev–Trinajstić information content (AvgIpc) is 2.57. The molecule has 2 rings (SSSR count). The molecule has 1 unspecified atom stereocenters. The first kappa shape index (κ1) is 11.2. The molecule has 0 amide bonds. The van der Waals surface area contributed by atoms with Gasteiger partial charge in [-0.1, -0.05) is 18.2 Å². The Morgan fingerprint density at radius 1 is 1.38 bits per heavy atom. The lowest BCUT2D eigenvalue weighted by Crippen LogP contribution is -2.17. The minimum atomic E-state index is 0.219.